The van der Waals surface area contributed by atoms with Gasteiger partial charge in [-0.3, -0.25) is 9.69 Å². The van der Waals surface area contributed by atoms with Crippen molar-refractivity contribution in [3.8, 4) is 0 Å². The van der Waals surface area contributed by atoms with Gasteiger partial charge in [-0.15, -0.1) is 11.3 Å². The van der Waals surface area contributed by atoms with E-state index in [4.69, 9.17) is 0 Å². The molecular formula is C17H18BrFN2OS. The monoisotopic (exact) mass is 396 g/mol. The van der Waals surface area contributed by atoms with E-state index in [9.17, 15) is 9.18 Å². The second kappa shape index (κ2) is 7.55. The molecule has 0 saturated carbocycles. The zero-order valence-corrected chi connectivity index (χ0v) is 15.0. The highest BCUT2D eigenvalue weighted by atomic mass is 79.9. The van der Waals surface area contributed by atoms with Gasteiger partial charge in [0, 0.05) is 15.9 Å². The third-order valence-electron chi connectivity index (χ3n) is 4.08. The first kappa shape index (κ1) is 16.6. The topological polar surface area (TPSA) is 32.3 Å². The van der Waals surface area contributed by atoms with E-state index in [1.165, 1.54) is 35.9 Å². The minimum absolute atomic E-state index is 0.183. The maximum absolute atomic E-state index is 13.1. The second-order valence-electron chi connectivity index (χ2n) is 5.61. The number of benzene rings is 1. The van der Waals surface area contributed by atoms with Gasteiger partial charge in [0.15, 0.2) is 0 Å². The summed E-state index contributed by atoms with van der Waals surface area (Å²) in [4.78, 5) is 16.1. The lowest BCUT2D eigenvalue weighted by molar-refractivity contribution is 0.0937. The van der Waals surface area contributed by atoms with E-state index in [1.807, 2.05) is 6.07 Å². The normalized spacial score (nSPS) is 16.4. The number of nitrogens with zero attached hydrogens (tertiary/aromatic N) is 1. The van der Waals surface area contributed by atoms with Gasteiger partial charge >= 0.3 is 0 Å². The summed E-state index contributed by atoms with van der Waals surface area (Å²) >= 11 is 4.97. The van der Waals surface area contributed by atoms with Crippen molar-refractivity contribution in [2.24, 2.45) is 0 Å². The van der Waals surface area contributed by atoms with Crippen LogP contribution in [0.4, 0.5) is 4.39 Å². The van der Waals surface area contributed by atoms with Gasteiger partial charge in [-0.1, -0.05) is 6.07 Å². The van der Waals surface area contributed by atoms with Crippen molar-refractivity contribution in [1.29, 1.82) is 0 Å². The van der Waals surface area contributed by atoms with Crippen molar-refractivity contribution >= 4 is 33.2 Å². The summed E-state index contributed by atoms with van der Waals surface area (Å²) in [7, 11) is 0. The Hall–Kier alpha value is -1.24. The summed E-state index contributed by atoms with van der Waals surface area (Å²) < 4.78 is 13.6. The number of hydrogen-bond donors (Lipinski definition) is 1. The minimum Gasteiger partial charge on any atom is -0.350 e. The lowest BCUT2D eigenvalue weighted by atomic mass is 10.1. The first-order chi connectivity index (χ1) is 11.1. The van der Waals surface area contributed by atoms with Crippen LogP contribution >= 0.6 is 27.3 Å². The van der Waals surface area contributed by atoms with Crippen LogP contribution in [0, 0.1) is 5.82 Å². The molecule has 1 N–H and O–H groups in total. The first-order valence-corrected chi connectivity index (χ1v) is 9.33. The molecule has 0 aliphatic carbocycles. The summed E-state index contributed by atoms with van der Waals surface area (Å²) in [5.74, 6) is -0.542. The highest BCUT2D eigenvalue weighted by Crippen LogP contribution is 2.28. The van der Waals surface area contributed by atoms with Crippen molar-refractivity contribution < 1.29 is 9.18 Å². The molecule has 1 saturated heterocycles. The largest absolute Gasteiger partial charge is 0.350 e. The van der Waals surface area contributed by atoms with Crippen LogP contribution in [0.25, 0.3) is 0 Å². The second-order valence-corrected chi connectivity index (χ2v) is 7.44. The number of hydrogen-bond acceptors (Lipinski definition) is 3. The molecule has 1 aliphatic heterocycles. The number of carbonyl (C=O) groups is 1. The molecule has 0 spiro atoms. The molecule has 1 aromatic carbocycles. The van der Waals surface area contributed by atoms with Crippen molar-refractivity contribution in [2.75, 3.05) is 19.6 Å². The van der Waals surface area contributed by atoms with E-state index in [2.05, 4.69) is 37.6 Å². The summed E-state index contributed by atoms with van der Waals surface area (Å²) in [5.41, 5.74) is 0.456. The smallest absolute Gasteiger partial charge is 0.252 e. The van der Waals surface area contributed by atoms with Crippen LogP contribution in [0.3, 0.4) is 0 Å². The molecular weight excluding hydrogens is 379 g/mol. The van der Waals surface area contributed by atoms with E-state index in [1.54, 1.807) is 11.3 Å². The third kappa shape index (κ3) is 4.00. The van der Waals surface area contributed by atoms with Crippen molar-refractivity contribution in [3.63, 3.8) is 0 Å². The Morgan fingerprint density at radius 2 is 2.13 bits per heavy atom. The van der Waals surface area contributed by atoms with Crippen LogP contribution in [0.5, 0.6) is 0 Å². The predicted molar refractivity (Wildman–Crippen MR) is 94.3 cm³/mol. The van der Waals surface area contributed by atoms with Crippen LogP contribution in [-0.2, 0) is 0 Å². The van der Waals surface area contributed by atoms with Crippen LogP contribution in [-0.4, -0.2) is 30.4 Å². The quantitative estimate of drug-likeness (QED) is 0.820. The Morgan fingerprint density at radius 3 is 2.78 bits per heavy atom. The molecule has 1 unspecified atom stereocenters. The molecule has 23 heavy (non-hydrogen) atoms. The van der Waals surface area contributed by atoms with Gasteiger partial charge in [0.2, 0.25) is 0 Å². The lowest BCUT2D eigenvalue weighted by Crippen LogP contribution is -2.36. The Bertz CT molecular complexity index is 671. The molecule has 2 aromatic rings. The Balaban J connectivity index is 1.69. The minimum atomic E-state index is -0.359. The average Bonchev–Trinajstić information content (AvgIpc) is 3.21. The van der Waals surface area contributed by atoms with E-state index in [-0.39, 0.29) is 17.8 Å². The molecule has 0 radical (unpaired) electrons. The summed E-state index contributed by atoms with van der Waals surface area (Å²) in [6, 6.07) is 8.49. The van der Waals surface area contributed by atoms with Crippen molar-refractivity contribution in [3.05, 3.63) is 56.4 Å². The molecule has 0 bridgehead atoms. The molecule has 1 atom stereocenters. The molecule has 1 aliphatic rings. The Kier molecular flexibility index (Phi) is 5.46. The number of halogens is 2. The first-order valence-electron chi connectivity index (χ1n) is 7.66. The van der Waals surface area contributed by atoms with Gasteiger partial charge in [-0.2, -0.15) is 0 Å². The van der Waals surface area contributed by atoms with E-state index >= 15 is 0 Å². The summed E-state index contributed by atoms with van der Waals surface area (Å²) in [5, 5.41) is 5.06. The fourth-order valence-corrected chi connectivity index (χ4v) is 4.29. The molecule has 1 amide bonds. The van der Waals surface area contributed by atoms with Gasteiger partial charge in [0.05, 0.1) is 11.6 Å². The highest BCUT2D eigenvalue weighted by molar-refractivity contribution is 9.10. The molecule has 1 fully saturated rings. The van der Waals surface area contributed by atoms with Crippen LogP contribution in [0.2, 0.25) is 0 Å². The average molecular weight is 397 g/mol. The molecule has 1 aromatic heterocycles. The number of rotatable bonds is 5. The van der Waals surface area contributed by atoms with Gasteiger partial charge in [-0.05, 0) is 71.5 Å². The standard InChI is InChI=1S/C17H18BrFN2OS/c18-14-10-12(19)5-6-13(14)17(22)20-11-15(16-4-3-9-23-16)21-7-1-2-8-21/h3-6,9-10,15H,1-2,7-8,11H2,(H,20,22). The van der Waals surface area contributed by atoms with Crippen LogP contribution < -0.4 is 5.32 Å². The highest BCUT2D eigenvalue weighted by Gasteiger charge is 2.25. The van der Waals surface area contributed by atoms with Gasteiger partial charge < -0.3 is 5.32 Å². The molecule has 3 nitrogen and oxygen atoms in total. The third-order valence-corrected chi connectivity index (χ3v) is 5.71. The van der Waals surface area contributed by atoms with Gasteiger partial charge in [0.1, 0.15) is 5.82 Å². The maximum atomic E-state index is 13.1. The SMILES string of the molecule is O=C(NCC(c1cccs1)N1CCCC1)c1ccc(F)cc1Br. The molecule has 2 heterocycles. The van der Waals surface area contributed by atoms with Gasteiger partial charge in [-0.25, -0.2) is 4.39 Å². The van der Waals surface area contributed by atoms with E-state index in [0.717, 1.165) is 13.1 Å². The zero-order chi connectivity index (χ0) is 16.2. The fourth-order valence-electron chi connectivity index (χ4n) is 2.90. The number of likely N-dealkylation sites (tertiary alicyclic amines) is 1. The number of thiophene rings is 1. The number of carbonyl (C=O) groups excluding carboxylic acids is 1. The number of amides is 1. The Labute approximate surface area is 147 Å². The molecule has 122 valence electrons. The maximum Gasteiger partial charge on any atom is 0.252 e. The lowest BCUT2D eigenvalue weighted by Gasteiger charge is -2.27. The van der Waals surface area contributed by atoms with Crippen molar-refractivity contribution in [1.82, 2.24) is 10.2 Å². The summed E-state index contributed by atoms with van der Waals surface area (Å²) in [6.07, 6.45) is 2.42. The molecule has 3 rings (SSSR count). The predicted octanol–water partition coefficient (Wildman–Crippen LogP) is 4.22. The van der Waals surface area contributed by atoms with Crippen LogP contribution in [0.15, 0.2) is 40.2 Å². The number of nitrogens with one attached hydrogen (secondary N) is 1. The van der Waals surface area contributed by atoms with Crippen LogP contribution in [0.1, 0.15) is 34.1 Å². The summed E-state index contributed by atoms with van der Waals surface area (Å²) in [6.45, 7) is 2.69. The molecule has 6 heteroatoms. The zero-order valence-electron chi connectivity index (χ0n) is 12.6. The fraction of sp³-hybridized carbons (Fsp3) is 0.353. The van der Waals surface area contributed by atoms with Crippen molar-refractivity contribution in [2.45, 2.75) is 18.9 Å². The van der Waals surface area contributed by atoms with E-state index in [0.29, 0.717) is 16.6 Å². The van der Waals surface area contributed by atoms with Gasteiger partial charge in [0.25, 0.3) is 5.91 Å². The van der Waals surface area contributed by atoms with E-state index < -0.39 is 0 Å². The Morgan fingerprint density at radius 1 is 1.35 bits per heavy atom.